The van der Waals surface area contributed by atoms with Gasteiger partial charge in [-0.15, -0.1) is 0 Å². The quantitative estimate of drug-likeness (QED) is 0.176. The molecule has 2 amide bonds. The summed E-state index contributed by atoms with van der Waals surface area (Å²) >= 11 is 0. The van der Waals surface area contributed by atoms with Gasteiger partial charge in [-0.3, -0.25) is 9.59 Å². The normalized spacial score (nSPS) is 28.6. The van der Waals surface area contributed by atoms with Crippen molar-refractivity contribution in [3.8, 4) is 0 Å². The van der Waals surface area contributed by atoms with E-state index in [1.54, 1.807) is 24.9 Å². The number of amides is 2. The predicted molar refractivity (Wildman–Crippen MR) is 165 cm³/mol. The Hall–Kier alpha value is -1.70. The number of ether oxygens (including phenoxy) is 1. The van der Waals surface area contributed by atoms with Gasteiger partial charge in [-0.05, 0) is 66.7 Å². The number of likely N-dealkylation sites (tertiary alicyclic amines) is 1. The van der Waals surface area contributed by atoms with E-state index in [9.17, 15) is 14.7 Å². The third-order valence-electron chi connectivity index (χ3n) is 10.7. The molecule has 4 aliphatic rings. The molecule has 3 heterocycles. The van der Waals surface area contributed by atoms with Gasteiger partial charge in [0, 0.05) is 32.1 Å². The second kappa shape index (κ2) is 13.0. The van der Waals surface area contributed by atoms with Crippen molar-refractivity contribution in [1.82, 2.24) is 15.2 Å². The van der Waals surface area contributed by atoms with Crippen molar-refractivity contribution in [3.63, 3.8) is 0 Å². The Morgan fingerprint density at radius 2 is 1.72 bits per heavy atom. The first-order valence-electron chi connectivity index (χ1n) is 16.3. The number of hydrazine groups is 1. The van der Waals surface area contributed by atoms with E-state index in [4.69, 9.17) is 19.9 Å². The van der Waals surface area contributed by atoms with Crippen LogP contribution in [-0.2, 0) is 23.6 Å². The van der Waals surface area contributed by atoms with Crippen LogP contribution in [0.2, 0.25) is 0 Å². The summed E-state index contributed by atoms with van der Waals surface area (Å²) in [4.78, 5) is 30.1. The topological polar surface area (TPSA) is 154 Å². The van der Waals surface area contributed by atoms with Crippen LogP contribution in [0.1, 0.15) is 106 Å². The van der Waals surface area contributed by atoms with Gasteiger partial charge in [0.1, 0.15) is 23.5 Å². The summed E-state index contributed by atoms with van der Waals surface area (Å²) in [5.41, 5.74) is 1.15. The number of aliphatic hydroxyl groups is 1. The zero-order chi connectivity index (χ0) is 31.8. The van der Waals surface area contributed by atoms with Crippen LogP contribution in [0.25, 0.3) is 0 Å². The summed E-state index contributed by atoms with van der Waals surface area (Å²) in [6.07, 6.45) is 9.77. The van der Waals surface area contributed by atoms with Crippen molar-refractivity contribution in [2.75, 3.05) is 19.8 Å². The second-order valence-electron chi connectivity index (χ2n) is 14.9. The third-order valence-corrected chi connectivity index (χ3v) is 10.7. The van der Waals surface area contributed by atoms with Crippen LogP contribution in [-0.4, -0.2) is 88.0 Å². The Kier molecular flexibility index (Phi) is 10.3. The fourth-order valence-electron chi connectivity index (χ4n) is 7.23. The lowest BCUT2D eigenvalue weighted by Gasteiger charge is -2.40. The Balaban J connectivity index is 1.59. The molecular weight excluding hydrogens is 549 g/mol. The summed E-state index contributed by atoms with van der Waals surface area (Å²) in [5, 5.41) is 15.6. The molecule has 11 nitrogen and oxygen atoms in total. The predicted octanol–water partition coefficient (Wildman–Crippen LogP) is 1.89. The average molecular weight is 607 g/mol. The molecule has 244 valence electrons. The van der Waals surface area contributed by atoms with Crippen LogP contribution in [0.15, 0.2) is 11.9 Å². The molecular formula is C31H57BN5O6+. The van der Waals surface area contributed by atoms with Crippen LogP contribution in [0.5, 0.6) is 0 Å². The van der Waals surface area contributed by atoms with E-state index in [1.807, 2.05) is 34.6 Å². The van der Waals surface area contributed by atoms with Gasteiger partial charge in [0.05, 0.1) is 22.7 Å². The van der Waals surface area contributed by atoms with Crippen molar-refractivity contribution in [2.45, 2.75) is 141 Å². The molecule has 0 unspecified atom stereocenters. The smallest absolute Gasteiger partial charge is 0.402 e. The Labute approximate surface area is 258 Å². The van der Waals surface area contributed by atoms with Crippen molar-refractivity contribution >= 4 is 18.9 Å². The first kappa shape index (κ1) is 34.2. The van der Waals surface area contributed by atoms with Gasteiger partial charge < -0.3 is 40.1 Å². The average Bonchev–Trinajstić information content (AvgIpc) is 3.47. The van der Waals surface area contributed by atoms with Gasteiger partial charge in [0.2, 0.25) is 11.8 Å². The molecule has 1 aliphatic carbocycles. The van der Waals surface area contributed by atoms with E-state index in [1.165, 1.54) is 24.3 Å². The molecule has 0 aromatic rings. The molecule has 1 saturated carbocycles. The summed E-state index contributed by atoms with van der Waals surface area (Å²) in [6, 6.07) is -1.10. The molecule has 0 radical (unpaired) electrons. The molecule has 7 N–H and O–H groups in total. The van der Waals surface area contributed by atoms with Gasteiger partial charge >= 0.3 is 7.12 Å². The number of nitrogens with two attached hydrogens (primary N) is 1. The molecule has 12 heteroatoms. The van der Waals surface area contributed by atoms with Crippen LogP contribution in [0.4, 0.5) is 0 Å². The largest absolute Gasteiger partial charge is 0.485 e. The molecule has 0 aromatic carbocycles. The SMILES string of the molecule is C[C@H](CC1CCCCC1)C(=O)N1C[C@@H](N(N)/C(=C\[NH3+])C(C)(C)O)C[C@H]1C(=O)NC1(B2OC(C)(C)C(C)(C)O2)CCOCC1. The third kappa shape index (κ3) is 7.25. The van der Waals surface area contributed by atoms with Gasteiger partial charge in [-0.25, -0.2) is 5.84 Å². The summed E-state index contributed by atoms with van der Waals surface area (Å²) < 4.78 is 18.6. The Bertz CT molecular complexity index is 1020. The molecule has 4 fully saturated rings. The van der Waals surface area contributed by atoms with Crippen molar-refractivity contribution in [3.05, 3.63) is 11.9 Å². The standard InChI is InChI=1S/C31H56BN5O6/c1-21(17-22-11-9-8-10-12-22)27(39)36-20-23(37(34)25(19-33)28(2,3)40)18-24(36)26(38)35-31(13-15-41-16-14-31)32-42-29(4,5)30(6,7)43-32/h19,21-24,40H,8-18,20,33-34H2,1-7H3,(H,35,38)/p+1/b25-19-/t21-,23+,24+/m1/s1. The molecule has 0 spiro atoms. The first-order chi connectivity index (χ1) is 20.0. The summed E-state index contributed by atoms with van der Waals surface area (Å²) in [7, 11) is -0.654. The minimum Gasteiger partial charge on any atom is -0.402 e. The maximum atomic E-state index is 14.3. The fraction of sp³-hybridized carbons (Fsp3) is 0.871. The minimum absolute atomic E-state index is 0.0262. The van der Waals surface area contributed by atoms with E-state index < -0.39 is 35.4 Å². The zero-order valence-corrected chi connectivity index (χ0v) is 27.6. The molecule has 3 aliphatic heterocycles. The summed E-state index contributed by atoms with van der Waals surface area (Å²) in [5.74, 6) is 6.64. The molecule has 0 bridgehead atoms. The second-order valence-corrected chi connectivity index (χ2v) is 14.9. The lowest BCUT2D eigenvalue weighted by molar-refractivity contribution is -0.280. The van der Waals surface area contributed by atoms with Gasteiger partial charge in [0.25, 0.3) is 0 Å². The van der Waals surface area contributed by atoms with E-state index >= 15 is 0 Å². The highest BCUT2D eigenvalue weighted by Gasteiger charge is 2.61. The zero-order valence-electron chi connectivity index (χ0n) is 27.6. The van der Waals surface area contributed by atoms with E-state index in [0.717, 1.165) is 19.3 Å². The number of quaternary nitrogens is 1. The fourth-order valence-corrected chi connectivity index (χ4v) is 7.23. The number of carbonyl (C=O) groups is 2. The van der Waals surface area contributed by atoms with Crippen molar-refractivity contribution in [1.29, 1.82) is 0 Å². The van der Waals surface area contributed by atoms with Crippen LogP contribution in [0.3, 0.4) is 0 Å². The highest BCUT2D eigenvalue weighted by atomic mass is 16.7. The van der Waals surface area contributed by atoms with Crippen molar-refractivity contribution < 1.29 is 34.5 Å². The van der Waals surface area contributed by atoms with Crippen LogP contribution < -0.4 is 16.9 Å². The minimum atomic E-state index is -1.23. The first-order valence-corrected chi connectivity index (χ1v) is 16.3. The summed E-state index contributed by atoms with van der Waals surface area (Å²) in [6.45, 7) is 14.5. The van der Waals surface area contributed by atoms with Gasteiger partial charge in [0.15, 0.2) is 0 Å². The molecule has 4 rings (SSSR count). The number of nitrogens with zero attached hydrogens (tertiary/aromatic N) is 2. The number of carbonyl (C=O) groups excluding carboxylic acids is 2. The lowest BCUT2D eigenvalue weighted by Crippen LogP contribution is -2.65. The monoisotopic (exact) mass is 606 g/mol. The van der Waals surface area contributed by atoms with Crippen LogP contribution in [0, 0.1) is 11.8 Å². The Morgan fingerprint density at radius 3 is 2.26 bits per heavy atom. The van der Waals surface area contributed by atoms with Gasteiger partial charge in [-0.1, -0.05) is 39.0 Å². The number of rotatable bonds is 9. The van der Waals surface area contributed by atoms with Crippen molar-refractivity contribution in [2.24, 2.45) is 17.7 Å². The lowest BCUT2D eigenvalue weighted by atomic mass is 9.59. The van der Waals surface area contributed by atoms with E-state index in [-0.39, 0.29) is 30.3 Å². The number of hydrogen-bond acceptors (Lipinski definition) is 8. The maximum Gasteiger partial charge on any atom is 0.485 e. The molecule has 0 aromatic heterocycles. The van der Waals surface area contributed by atoms with E-state index in [2.05, 4.69) is 11.1 Å². The Morgan fingerprint density at radius 1 is 1.14 bits per heavy atom. The molecule has 43 heavy (non-hydrogen) atoms. The molecule has 3 atom stereocenters. The van der Waals surface area contributed by atoms with Crippen LogP contribution >= 0.6 is 0 Å². The highest BCUT2D eigenvalue weighted by molar-refractivity contribution is 6.50. The maximum absolute atomic E-state index is 14.3. The van der Waals surface area contributed by atoms with Gasteiger partial charge in [-0.2, -0.15) is 0 Å². The van der Waals surface area contributed by atoms with E-state index in [0.29, 0.717) is 44.1 Å². The highest BCUT2D eigenvalue weighted by Crippen LogP contribution is 2.42. The number of nitrogens with one attached hydrogen (secondary N) is 1. The number of hydrogen-bond donors (Lipinski definition) is 4. The molecule has 3 saturated heterocycles.